The fourth-order valence-electron chi connectivity index (χ4n) is 5.23. The van der Waals surface area contributed by atoms with Crippen molar-refractivity contribution in [3.8, 4) is 5.75 Å². The van der Waals surface area contributed by atoms with Gasteiger partial charge in [0.15, 0.2) is 11.6 Å². The molecular formula is C28H36N6O4. The van der Waals surface area contributed by atoms with Crippen LogP contribution < -0.4 is 15.4 Å². The molecule has 1 saturated carbocycles. The molecule has 0 unspecified atom stereocenters. The van der Waals surface area contributed by atoms with E-state index in [0.29, 0.717) is 35.8 Å². The highest BCUT2D eigenvalue weighted by Crippen LogP contribution is 2.40. The van der Waals surface area contributed by atoms with E-state index in [1.807, 2.05) is 6.92 Å². The van der Waals surface area contributed by atoms with Gasteiger partial charge in [-0.25, -0.2) is 9.97 Å². The van der Waals surface area contributed by atoms with Gasteiger partial charge in [-0.15, -0.1) is 0 Å². The van der Waals surface area contributed by atoms with Crippen molar-refractivity contribution in [1.82, 2.24) is 20.2 Å². The first kappa shape index (κ1) is 27.2. The molecule has 0 radical (unpaired) electrons. The summed E-state index contributed by atoms with van der Waals surface area (Å²) in [6.45, 7) is 8.31. The topological polar surface area (TPSA) is 137 Å². The number of likely N-dealkylation sites (tertiary alicyclic amines) is 1. The minimum absolute atomic E-state index is 0.0663. The number of benzene rings is 1. The highest BCUT2D eigenvalue weighted by atomic mass is 16.5. The van der Waals surface area contributed by atoms with Crippen molar-refractivity contribution in [1.29, 1.82) is 5.41 Å². The van der Waals surface area contributed by atoms with Crippen molar-refractivity contribution in [2.45, 2.75) is 65.6 Å². The Hall–Kier alpha value is -3.82. The number of nitrogens with one attached hydrogen (secondary N) is 3. The van der Waals surface area contributed by atoms with Crippen LogP contribution in [0.15, 0.2) is 36.7 Å². The number of rotatable bonds is 10. The molecule has 2 heterocycles. The monoisotopic (exact) mass is 520 g/mol. The van der Waals surface area contributed by atoms with Gasteiger partial charge in [-0.3, -0.25) is 19.8 Å². The molecular weight excluding hydrogens is 484 g/mol. The number of anilines is 1. The summed E-state index contributed by atoms with van der Waals surface area (Å²) in [5.41, 5.74) is 0.846. The van der Waals surface area contributed by atoms with Crippen molar-refractivity contribution in [3.63, 3.8) is 0 Å². The van der Waals surface area contributed by atoms with Gasteiger partial charge >= 0.3 is 0 Å². The summed E-state index contributed by atoms with van der Waals surface area (Å²) in [5.74, 6) is 0.463. The largest absolute Gasteiger partial charge is 0.486 e. The minimum Gasteiger partial charge on any atom is -0.486 e. The van der Waals surface area contributed by atoms with Gasteiger partial charge in [-0.05, 0) is 54.9 Å². The first-order valence-corrected chi connectivity index (χ1v) is 13.0. The number of amides is 2. The van der Waals surface area contributed by atoms with Crippen LogP contribution in [0.1, 0.15) is 58.3 Å². The van der Waals surface area contributed by atoms with E-state index in [2.05, 4.69) is 34.4 Å². The lowest BCUT2D eigenvalue weighted by Crippen LogP contribution is -2.54. The molecule has 2 fully saturated rings. The van der Waals surface area contributed by atoms with Crippen molar-refractivity contribution in [2.24, 2.45) is 11.3 Å². The minimum atomic E-state index is -0.492. The van der Waals surface area contributed by atoms with Crippen molar-refractivity contribution in [3.05, 3.63) is 48.0 Å². The van der Waals surface area contributed by atoms with E-state index in [4.69, 9.17) is 10.1 Å². The Morgan fingerprint density at radius 2 is 1.89 bits per heavy atom. The maximum atomic E-state index is 13.2. The Balaban J connectivity index is 1.41. The number of hydrogen-bond acceptors (Lipinski definition) is 8. The average molecular weight is 521 g/mol. The molecule has 2 amide bonds. The van der Waals surface area contributed by atoms with Crippen LogP contribution in [0.2, 0.25) is 0 Å². The number of hydrogen-bond donors (Lipinski definition) is 3. The third kappa shape index (κ3) is 6.54. The van der Waals surface area contributed by atoms with E-state index in [1.54, 1.807) is 41.6 Å². The molecule has 3 N–H and O–H groups in total. The zero-order valence-corrected chi connectivity index (χ0v) is 22.4. The summed E-state index contributed by atoms with van der Waals surface area (Å²) in [5, 5.41) is 14.5. The van der Waals surface area contributed by atoms with Crippen LogP contribution in [0, 0.1) is 16.7 Å². The SMILES string of the molecule is CC(=O)C(=N)c1cc(OCc2ncccn2)ccc1NCC(=O)N1C[C@H](C)C[C@H]1C(=O)NC1CC(C)(C)C1. The molecule has 1 aromatic carbocycles. The summed E-state index contributed by atoms with van der Waals surface area (Å²) in [6, 6.07) is 6.35. The number of ether oxygens (including phenoxy) is 1. The highest BCUT2D eigenvalue weighted by Gasteiger charge is 2.41. The fraction of sp³-hybridized carbons (Fsp3) is 0.500. The lowest BCUT2D eigenvalue weighted by molar-refractivity contribution is -0.138. The molecule has 38 heavy (non-hydrogen) atoms. The molecule has 10 nitrogen and oxygen atoms in total. The van der Waals surface area contributed by atoms with Crippen LogP contribution in [0.25, 0.3) is 0 Å². The maximum absolute atomic E-state index is 13.2. The van der Waals surface area contributed by atoms with E-state index < -0.39 is 11.8 Å². The van der Waals surface area contributed by atoms with E-state index in [9.17, 15) is 14.4 Å². The third-order valence-corrected chi connectivity index (χ3v) is 7.11. The Morgan fingerprint density at radius 1 is 1.18 bits per heavy atom. The normalized spacial score (nSPS) is 20.4. The highest BCUT2D eigenvalue weighted by molar-refractivity contribution is 6.45. The second kappa shape index (κ2) is 11.3. The second-order valence-corrected chi connectivity index (χ2v) is 11.1. The lowest BCUT2D eigenvalue weighted by Gasteiger charge is -2.43. The summed E-state index contributed by atoms with van der Waals surface area (Å²) >= 11 is 0. The van der Waals surface area contributed by atoms with Gasteiger partial charge in [0.2, 0.25) is 11.8 Å². The van der Waals surface area contributed by atoms with Gasteiger partial charge in [0.1, 0.15) is 24.1 Å². The number of nitrogens with zero attached hydrogens (tertiary/aromatic N) is 3. The molecule has 1 aromatic heterocycles. The molecule has 1 saturated heterocycles. The van der Waals surface area contributed by atoms with Gasteiger partial charge in [0.25, 0.3) is 0 Å². The van der Waals surface area contributed by atoms with Gasteiger partial charge in [0, 0.05) is 43.2 Å². The van der Waals surface area contributed by atoms with E-state index in [0.717, 1.165) is 12.8 Å². The molecule has 2 atom stereocenters. The first-order chi connectivity index (χ1) is 18.0. The lowest BCUT2D eigenvalue weighted by atomic mass is 9.68. The van der Waals surface area contributed by atoms with E-state index in [-0.39, 0.29) is 48.1 Å². The number of carbonyl (C=O) groups excluding carboxylic acids is 3. The second-order valence-electron chi connectivity index (χ2n) is 11.1. The summed E-state index contributed by atoms with van der Waals surface area (Å²) in [7, 11) is 0. The third-order valence-electron chi connectivity index (χ3n) is 7.11. The summed E-state index contributed by atoms with van der Waals surface area (Å²) in [6.07, 6.45) is 5.76. The standard InChI is InChI=1S/C28H36N6O4/c1-17-10-23(27(37)33-19-12-28(3,4)13-19)34(15-17)25(36)14-32-22-7-6-20(11-21(22)26(29)18(2)35)38-16-24-30-8-5-9-31-24/h5-9,11,17,19,23,29,32H,10,12-16H2,1-4H3,(H,33,37)/t17-,23+/m1/s1. The van der Waals surface area contributed by atoms with Crippen LogP contribution in [-0.4, -0.2) is 63.4 Å². The molecule has 4 rings (SSSR count). The molecule has 0 spiro atoms. The van der Waals surface area contributed by atoms with Gasteiger partial charge in [-0.2, -0.15) is 0 Å². The van der Waals surface area contributed by atoms with Crippen LogP contribution in [-0.2, 0) is 21.0 Å². The van der Waals surface area contributed by atoms with Crippen LogP contribution >= 0.6 is 0 Å². The average Bonchev–Trinajstić information content (AvgIpc) is 3.27. The molecule has 1 aliphatic heterocycles. The molecule has 0 bridgehead atoms. The van der Waals surface area contributed by atoms with E-state index in [1.165, 1.54) is 6.92 Å². The Morgan fingerprint density at radius 3 is 2.55 bits per heavy atom. The number of ketones is 1. The van der Waals surface area contributed by atoms with Gasteiger partial charge < -0.3 is 20.3 Å². The van der Waals surface area contributed by atoms with Crippen molar-refractivity contribution in [2.75, 3.05) is 18.4 Å². The smallest absolute Gasteiger partial charge is 0.243 e. The zero-order valence-electron chi connectivity index (χ0n) is 22.4. The van der Waals surface area contributed by atoms with Crippen molar-refractivity contribution >= 4 is 29.0 Å². The predicted octanol–water partition coefficient (Wildman–Crippen LogP) is 2.97. The summed E-state index contributed by atoms with van der Waals surface area (Å²) < 4.78 is 5.75. The Labute approximate surface area is 223 Å². The predicted molar refractivity (Wildman–Crippen MR) is 143 cm³/mol. The van der Waals surface area contributed by atoms with Crippen LogP contribution in [0.3, 0.4) is 0 Å². The fourth-order valence-corrected chi connectivity index (χ4v) is 5.23. The van der Waals surface area contributed by atoms with Gasteiger partial charge in [0.05, 0.1) is 6.54 Å². The number of aromatic nitrogens is 2. The van der Waals surface area contributed by atoms with Gasteiger partial charge in [-0.1, -0.05) is 20.8 Å². The number of Topliss-reactive ketones (excluding diaryl/α,β-unsaturated/α-hetero) is 1. The van der Waals surface area contributed by atoms with Crippen molar-refractivity contribution < 1.29 is 19.1 Å². The Bertz CT molecular complexity index is 1210. The molecule has 10 heteroatoms. The first-order valence-electron chi connectivity index (χ1n) is 13.0. The van der Waals surface area contributed by atoms with E-state index >= 15 is 0 Å². The van der Waals surface area contributed by atoms with Crippen LogP contribution in [0.4, 0.5) is 5.69 Å². The molecule has 1 aliphatic carbocycles. The Kier molecular flexibility index (Phi) is 8.08. The molecule has 202 valence electrons. The zero-order chi connectivity index (χ0) is 27.4. The quantitative estimate of drug-likeness (QED) is 0.410. The maximum Gasteiger partial charge on any atom is 0.243 e. The summed E-state index contributed by atoms with van der Waals surface area (Å²) in [4.78, 5) is 48.1. The molecule has 2 aliphatic rings. The van der Waals surface area contributed by atoms with Crippen LogP contribution in [0.5, 0.6) is 5.75 Å². The number of carbonyl (C=O) groups is 3. The molecule has 2 aromatic rings.